The number of aromatic amines is 1. The molecule has 2 aliphatic rings. The highest BCUT2D eigenvalue weighted by molar-refractivity contribution is 7.99. The van der Waals surface area contributed by atoms with Crippen LogP contribution in [-0.4, -0.2) is 30.4 Å². The summed E-state index contributed by atoms with van der Waals surface area (Å²) in [7, 11) is 0. The first-order valence-electron chi connectivity index (χ1n) is 9.64. The Kier molecular flexibility index (Phi) is 4.72. The molecule has 0 spiro atoms. The highest BCUT2D eigenvalue weighted by atomic mass is 35.5. The van der Waals surface area contributed by atoms with E-state index < -0.39 is 17.4 Å². The summed E-state index contributed by atoms with van der Waals surface area (Å²) in [6.07, 6.45) is 3.10. The quantitative estimate of drug-likeness (QED) is 0.460. The number of aliphatic hydroxyl groups is 1. The van der Waals surface area contributed by atoms with Gasteiger partial charge in [0.1, 0.15) is 16.2 Å². The fourth-order valence-corrected chi connectivity index (χ4v) is 4.49. The number of thioether (sulfide) groups is 1. The first-order valence-corrected chi connectivity index (χ1v) is 11.0. The number of nitrogens with zero attached hydrogens (tertiary/aromatic N) is 3. The van der Waals surface area contributed by atoms with Crippen molar-refractivity contribution >= 4 is 34.4 Å². The molecule has 0 aliphatic heterocycles. The Hall–Kier alpha value is -2.16. The maximum atomic E-state index is 12.6. The van der Waals surface area contributed by atoms with Crippen molar-refractivity contribution in [2.45, 2.75) is 48.8 Å². The molecule has 0 radical (unpaired) electrons. The van der Waals surface area contributed by atoms with Crippen molar-refractivity contribution < 1.29 is 5.11 Å². The minimum absolute atomic E-state index is 0.0845. The predicted octanol–water partition coefficient (Wildman–Crippen LogP) is 3.17. The summed E-state index contributed by atoms with van der Waals surface area (Å²) in [5.41, 5.74) is 0.267. The molecule has 5 rings (SSSR count). The van der Waals surface area contributed by atoms with Crippen LogP contribution < -0.4 is 11.2 Å². The molecule has 0 bridgehead atoms. The van der Waals surface area contributed by atoms with Gasteiger partial charge in [-0.05, 0) is 43.4 Å². The third-order valence-corrected chi connectivity index (χ3v) is 6.56. The first kappa shape index (κ1) is 18.8. The van der Waals surface area contributed by atoms with E-state index in [9.17, 15) is 14.7 Å². The average Bonchev–Trinajstić information content (AvgIpc) is 3.59. The van der Waals surface area contributed by atoms with Gasteiger partial charge in [0.15, 0.2) is 5.65 Å². The zero-order valence-corrected chi connectivity index (χ0v) is 17.0. The lowest BCUT2D eigenvalue weighted by Gasteiger charge is -2.14. The molecule has 0 amide bonds. The van der Waals surface area contributed by atoms with E-state index in [0.29, 0.717) is 32.7 Å². The Morgan fingerprint density at radius 2 is 1.90 bits per heavy atom. The zero-order chi connectivity index (χ0) is 20.1. The minimum atomic E-state index is -0.736. The van der Waals surface area contributed by atoms with Crippen LogP contribution in [0.25, 0.3) is 11.0 Å². The largest absolute Gasteiger partial charge is 0.388 e. The second kappa shape index (κ2) is 7.27. The van der Waals surface area contributed by atoms with E-state index in [1.165, 1.54) is 11.8 Å². The van der Waals surface area contributed by atoms with Crippen molar-refractivity contribution in [1.29, 1.82) is 0 Å². The van der Waals surface area contributed by atoms with Crippen LogP contribution in [0.3, 0.4) is 0 Å². The van der Waals surface area contributed by atoms with Gasteiger partial charge in [0.05, 0.1) is 6.10 Å². The molecule has 2 aliphatic carbocycles. The van der Waals surface area contributed by atoms with Gasteiger partial charge in [-0.2, -0.15) is 0 Å². The minimum Gasteiger partial charge on any atom is -0.388 e. The van der Waals surface area contributed by atoms with E-state index in [2.05, 4.69) is 15.0 Å². The maximum absolute atomic E-state index is 12.6. The number of fused-ring (bicyclic) bond motifs is 1. The van der Waals surface area contributed by atoms with Crippen molar-refractivity contribution in [3.63, 3.8) is 0 Å². The number of H-pyrrole nitrogens is 1. The Labute approximate surface area is 175 Å². The van der Waals surface area contributed by atoms with Crippen molar-refractivity contribution in [3.05, 3.63) is 61.5 Å². The lowest BCUT2D eigenvalue weighted by atomic mass is 10.1. The summed E-state index contributed by atoms with van der Waals surface area (Å²) < 4.78 is 1.60. The third-order valence-electron chi connectivity index (χ3n) is 5.26. The van der Waals surface area contributed by atoms with Crippen molar-refractivity contribution in [1.82, 2.24) is 19.5 Å². The van der Waals surface area contributed by atoms with Crippen LogP contribution in [0, 0.1) is 0 Å². The topological polar surface area (TPSA) is 101 Å². The summed E-state index contributed by atoms with van der Waals surface area (Å²) >= 11 is 7.22. The van der Waals surface area contributed by atoms with E-state index in [0.717, 1.165) is 31.2 Å². The Morgan fingerprint density at radius 1 is 1.17 bits per heavy atom. The molecule has 2 heterocycles. The molecule has 1 aromatic carbocycles. The van der Waals surface area contributed by atoms with Crippen LogP contribution in [-0.2, 0) is 0 Å². The van der Waals surface area contributed by atoms with Gasteiger partial charge in [-0.15, -0.1) is 11.8 Å². The smallest absolute Gasteiger partial charge is 0.330 e. The van der Waals surface area contributed by atoms with E-state index in [1.807, 2.05) is 0 Å². The van der Waals surface area contributed by atoms with Gasteiger partial charge >= 0.3 is 5.69 Å². The van der Waals surface area contributed by atoms with Crippen LogP contribution in [0.1, 0.15) is 55.1 Å². The van der Waals surface area contributed by atoms with Gasteiger partial charge in [-0.25, -0.2) is 14.8 Å². The second-order valence-corrected chi connectivity index (χ2v) is 9.04. The standard InChI is InChI=1S/C20H19ClN4O3S/c21-12-5-3-10(4-6-12)14(26)9-29-19-15-17(22-16(23-19)11-1-2-11)25(13-7-8-13)20(28)24-18(15)27/h3-6,11,13-14,26H,1-2,7-9H2,(H,24,27,28). The van der Waals surface area contributed by atoms with E-state index in [-0.39, 0.29) is 12.0 Å². The summed E-state index contributed by atoms with van der Waals surface area (Å²) in [5.74, 6) is 1.28. The summed E-state index contributed by atoms with van der Waals surface area (Å²) in [6.45, 7) is 0. The monoisotopic (exact) mass is 430 g/mol. The molecule has 3 aromatic rings. The highest BCUT2D eigenvalue weighted by Gasteiger charge is 2.32. The van der Waals surface area contributed by atoms with Crippen molar-refractivity contribution in [3.8, 4) is 0 Å². The number of hydrogen-bond donors (Lipinski definition) is 2. The molecule has 0 saturated heterocycles. The predicted molar refractivity (Wildman–Crippen MR) is 112 cm³/mol. The Balaban J connectivity index is 1.55. The summed E-state index contributed by atoms with van der Waals surface area (Å²) in [5, 5.41) is 12.0. The number of benzene rings is 1. The van der Waals surface area contributed by atoms with Crippen molar-refractivity contribution in [2.75, 3.05) is 5.75 Å². The van der Waals surface area contributed by atoms with Crippen LogP contribution >= 0.6 is 23.4 Å². The van der Waals surface area contributed by atoms with E-state index in [4.69, 9.17) is 11.6 Å². The van der Waals surface area contributed by atoms with Gasteiger partial charge in [0.25, 0.3) is 5.56 Å². The molecule has 29 heavy (non-hydrogen) atoms. The molecular weight excluding hydrogens is 412 g/mol. The Bertz CT molecular complexity index is 1200. The molecule has 1 atom stereocenters. The third kappa shape index (κ3) is 3.72. The Morgan fingerprint density at radius 3 is 2.55 bits per heavy atom. The highest BCUT2D eigenvalue weighted by Crippen LogP contribution is 2.41. The first-order chi connectivity index (χ1) is 14.0. The van der Waals surface area contributed by atoms with Gasteiger partial charge in [-0.3, -0.25) is 14.3 Å². The molecule has 150 valence electrons. The van der Waals surface area contributed by atoms with Crippen molar-refractivity contribution in [2.24, 2.45) is 0 Å². The van der Waals surface area contributed by atoms with Crippen LogP contribution in [0.2, 0.25) is 5.02 Å². The number of nitrogens with one attached hydrogen (secondary N) is 1. The van der Waals surface area contributed by atoms with E-state index >= 15 is 0 Å². The molecule has 1 unspecified atom stereocenters. The number of hydrogen-bond acceptors (Lipinski definition) is 6. The lowest BCUT2D eigenvalue weighted by Crippen LogP contribution is -2.31. The zero-order valence-electron chi connectivity index (χ0n) is 15.5. The SMILES string of the molecule is O=c1[nH]c(=O)n(C2CC2)c2nc(C3CC3)nc(SCC(O)c3ccc(Cl)cc3)c12. The molecular formula is C20H19ClN4O3S. The number of halogens is 1. The molecule has 9 heteroatoms. The van der Waals surface area contributed by atoms with Crippen LogP contribution in [0.15, 0.2) is 38.9 Å². The van der Waals surface area contributed by atoms with Gasteiger partial charge < -0.3 is 5.11 Å². The van der Waals surface area contributed by atoms with Gasteiger partial charge in [0.2, 0.25) is 0 Å². The fourth-order valence-electron chi connectivity index (χ4n) is 3.37. The van der Waals surface area contributed by atoms with Crippen LogP contribution in [0.5, 0.6) is 0 Å². The number of aliphatic hydroxyl groups excluding tert-OH is 1. The summed E-state index contributed by atoms with van der Waals surface area (Å²) in [4.78, 5) is 36.7. The molecule has 2 fully saturated rings. The summed E-state index contributed by atoms with van der Waals surface area (Å²) in [6, 6.07) is 7.10. The second-order valence-electron chi connectivity index (χ2n) is 7.60. The fraction of sp³-hybridized carbons (Fsp3) is 0.400. The van der Waals surface area contributed by atoms with E-state index in [1.54, 1.807) is 28.8 Å². The normalized spacial score (nSPS) is 17.6. The molecule has 2 aromatic heterocycles. The van der Waals surface area contributed by atoms with Gasteiger partial charge in [0, 0.05) is 22.7 Å². The average molecular weight is 431 g/mol. The lowest BCUT2D eigenvalue weighted by molar-refractivity contribution is 0.204. The number of aromatic nitrogens is 4. The van der Waals surface area contributed by atoms with Gasteiger partial charge in [-0.1, -0.05) is 23.7 Å². The maximum Gasteiger partial charge on any atom is 0.330 e. The molecule has 2 N–H and O–H groups in total. The van der Waals surface area contributed by atoms with Crippen LogP contribution in [0.4, 0.5) is 0 Å². The molecule has 7 nitrogen and oxygen atoms in total. The number of rotatable bonds is 6. The molecule has 2 saturated carbocycles.